The van der Waals surface area contributed by atoms with Crippen molar-refractivity contribution in [3.63, 3.8) is 0 Å². The summed E-state index contributed by atoms with van der Waals surface area (Å²) in [7, 11) is 0. The third kappa shape index (κ3) is 4.95. The summed E-state index contributed by atoms with van der Waals surface area (Å²) >= 11 is 6.15. The Morgan fingerprint density at radius 2 is 1.94 bits per heavy atom. The van der Waals surface area contributed by atoms with Crippen LogP contribution in [0.3, 0.4) is 0 Å². The van der Waals surface area contributed by atoms with Crippen LogP contribution >= 0.6 is 11.6 Å². The molecule has 31 heavy (non-hydrogen) atoms. The van der Waals surface area contributed by atoms with Crippen LogP contribution in [0.25, 0.3) is 0 Å². The SMILES string of the molecule is CCOc1cc(N)c(Cl)cc1C(=O)NC1CC2COCC(C1)N2Cc1ccc(F)cc1. The van der Waals surface area contributed by atoms with E-state index in [0.29, 0.717) is 41.8 Å². The molecule has 2 aromatic carbocycles. The molecule has 0 aliphatic carbocycles. The van der Waals surface area contributed by atoms with Gasteiger partial charge < -0.3 is 20.5 Å². The molecule has 8 heteroatoms. The second-order valence-corrected chi connectivity index (χ2v) is 8.50. The number of amides is 1. The van der Waals surface area contributed by atoms with Gasteiger partial charge in [-0.3, -0.25) is 9.69 Å². The number of ether oxygens (including phenoxy) is 2. The predicted octanol–water partition coefficient (Wildman–Crippen LogP) is 3.62. The Kier molecular flexibility index (Phi) is 6.65. The highest BCUT2D eigenvalue weighted by Gasteiger charge is 2.39. The maximum absolute atomic E-state index is 13.2. The van der Waals surface area contributed by atoms with Crippen molar-refractivity contribution in [2.45, 2.75) is 44.4 Å². The van der Waals surface area contributed by atoms with Gasteiger partial charge in [0.05, 0.1) is 36.1 Å². The number of nitrogens with one attached hydrogen (secondary N) is 1. The van der Waals surface area contributed by atoms with E-state index in [2.05, 4.69) is 10.2 Å². The average Bonchev–Trinajstić information content (AvgIpc) is 2.73. The molecule has 2 unspecified atom stereocenters. The summed E-state index contributed by atoms with van der Waals surface area (Å²) in [6, 6.07) is 10.2. The van der Waals surface area contributed by atoms with Gasteiger partial charge in [-0.15, -0.1) is 0 Å². The highest BCUT2D eigenvalue weighted by Crippen LogP contribution is 2.32. The lowest BCUT2D eigenvalue weighted by molar-refractivity contribution is -0.0843. The van der Waals surface area contributed by atoms with E-state index in [9.17, 15) is 9.18 Å². The van der Waals surface area contributed by atoms with Crippen molar-refractivity contribution in [3.05, 3.63) is 58.4 Å². The summed E-state index contributed by atoms with van der Waals surface area (Å²) in [6.07, 6.45) is 1.55. The predicted molar refractivity (Wildman–Crippen MR) is 118 cm³/mol. The van der Waals surface area contributed by atoms with Gasteiger partial charge in [0.1, 0.15) is 11.6 Å². The lowest BCUT2D eigenvalue weighted by Gasteiger charge is -2.48. The van der Waals surface area contributed by atoms with Crippen LogP contribution in [0.2, 0.25) is 5.02 Å². The zero-order valence-electron chi connectivity index (χ0n) is 17.4. The van der Waals surface area contributed by atoms with Crippen molar-refractivity contribution >= 4 is 23.2 Å². The molecule has 6 nitrogen and oxygen atoms in total. The second-order valence-electron chi connectivity index (χ2n) is 8.09. The Bertz CT molecular complexity index is 926. The Labute approximate surface area is 186 Å². The smallest absolute Gasteiger partial charge is 0.255 e. The highest BCUT2D eigenvalue weighted by atomic mass is 35.5. The van der Waals surface area contributed by atoms with E-state index in [-0.39, 0.29) is 29.8 Å². The first-order chi connectivity index (χ1) is 14.9. The minimum atomic E-state index is -0.233. The topological polar surface area (TPSA) is 76.8 Å². The second kappa shape index (κ2) is 9.42. The number of hydrogen-bond donors (Lipinski definition) is 2. The van der Waals surface area contributed by atoms with Crippen molar-refractivity contribution in [3.8, 4) is 5.75 Å². The molecule has 2 atom stereocenters. The number of carbonyl (C=O) groups is 1. The van der Waals surface area contributed by atoms with E-state index >= 15 is 0 Å². The highest BCUT2D eigenvalue weighted by molar-refractivity contribution is 6.33. The van der Waals surface area contributed by atoms with Gasteiger partial charge in [-0.2, -0.15) is 0 Å². The van der Waals surface area contributed by atoms with E-state index in [4.69, 9.17) is 26.8 Å². The van der Waals surface area contributed by atoms with Crippen LogP contribution in [0.5, 0.6) is 5.75 Å². The molecular formula is C23H27ClFN3O3. The number of halogens is 2. The molecule has 166 valence electrons. The zero-order chi connectivity index (χ0) is 22.0. The van der Waals surface area contributed by atoms with Crippen LogP contribution < -0.4 is 15.8 Å². The monoisotopic (exact) mass is 447 g/mol. The molecule has 3 N–H and O–H groups in total. The van der Waals surface area contributed by atoms with Gasteiger partial charge in [0.15, 0.2) is 0 Å². The fourth-order valence-electron chi connectivity index (χ4n) is 4.45. The van der Waals surface area contributed by atoms with E-state index < -0.39 is 0 Å². The minimum Gasteiger partial charge on any atom is -0.493 e. The zero-order valence-corrected chi connectivity index (χ0v) is 18.2. The molecule has 2 aromatic rings. The first kappa shape index (κ1) is 21.9. The summed E-state index contributed by atoms with van der Waals surface area (Å²) < 4.78 is 24.6. The van der Waals surface area contributed by atoms with Crippen LogP contribution in [0, 0.1) is 5.82 Å². The summed E-state index contributed by atoms with van der Waals surface area (Å²) in [4.78, 5) is 15.4. The lowest BCUT2D eigenvalue weighted by atomic mass is 9.89. The molecule has 0 radical (unpaired) electrons. The molecular weight excluding hydrogens is 421 g/mol. The van der Waals surface area contributed by atoms with Gasteiger partial charge in [-0.1, -0.05) is 23.7 Å². The van der Waals surface area contributed by atoms with Crippen LogP contribution in [-0.2, 0) is 11.3 Å². The van der Waals surface area contributed by atoms with E-state index in [1.807, 2.05) is 19.1 Å². The number of benzene rings is 2. The minimum absolute atomic E-state index is 0.0154. The Morgan fingerprint density at radius 1 is 1.26 bits per heavy atom. The van der Waals surface area contributed by atoms with Gasteiger partial charge >= 0.3 is 0 Å². The van der Waals surface area contributed by atoms with Gasteiger partial charge in [0.2, 0.25) is 0 Å². The van der Waals surface area contributed by atoms with E-state index in [0.717, 1.165) is 24.9 Å². The first-order valence-electron chi connectivity index (χ1n) is 10.5. The van der Waals surface area contributed by atoms with Gasteiger partial charge in [0.25, 0.3) is 5.91 Å². The van der Waals surface area contributed by atoms with Crippen molar-refractivity contribution in [1.82, 2.24) is 10.2 Å². The standard InChI is InChI=1S/C23H27ClFN3O3/c1-2-31-22-10-21(26)20(24)9-19(22)23(29)27-16-7-17-12-30-13-18(8-16)28(17)11-14-3-5-15(25)6-4-14/h3-6,9-10,16-18H,2,7-8,11-13,26H2,1H3,(H,27,29). The molecule has 0 aromatic heterocycles. The summed E-state index contributed by atoms with van der Waals surface area (Å²) in [5.41, 5.74) is 7.70. The molecule has 2 aliphatic heterocycles. The lowest BCUT2D eigenvalue weighted by Crippen LogP contribution is -2.60. The molecule has 2 aliphatic rings. The number of nitrogens with two attached hydrogens (primary N) is 1. The number of nitrogens with zero attached hydrogens (tertiary/aromatic N) is 1. The van der Waals surface area contributed by atoms with E-state index in [1.54, 1.807) is 12.1 Å². The van der Waals surface area contributed by atoms with Crippen molar-refractivity contribution in [2.24, 2.45) is 0 Å². The number of carbonyl (C=O) groups excluding carboxylic acids is 1. The Morgan fingerprint density at radius 3 is 2.58 bits per heavy atom. The van der Waals surface area contributed by atoms with Gasteiger partial charge in [-0.05, 0) is 43.5 Å². The number of morpholine rings is 1. The van der Waals surface area contributed by atoms with Crippen LogP contribution in [0.1, 0.15) is 35.7 Å². The number of anilines is 1. The molecule has 0 spiro atoms. The summed E-state index contributed by atoms with van der Waals surface area (Å²) in [6.45, 7) is 4.24. The fraction of sp³-hybridized carbons (Fsp3) is 0.435. The Hall–Kier alpha value is -2.35. The third-order valence-electron chi connectivity index (χ3n) is 5.93. The number of hydrogen-bond acceptors (Lipinski definition) is 5. The van der Waals surface area contributed by atoms with Crippen LogP contribution in [0.4, 0.5) is 10.1 Å². The van der Waals surface area contributed by atoms with Crippen LogP contribution in [-0.4, -0.2) is 48.8 Å². The van der Waals surface area contributed by atoms with E-state index in [1.165, 1.54) is 12.1 Å². The number of fused-ring (bicyclic) bond motifs is 2. The van der Waals surface area contributed by atoms with Crippen molar-refractivity contribution < 1.29 is 18.7 Å². The maximum atomic E-state index is 13.2. The number of nitrogen functional groups attached to an aromatic ring is 1. The molecule has 2 saturated heterocycles. The maximum Gasteiger partial charge on any atom is 0.255 e. The summed E-state index contributed by atoms with van der Waals surface area (Å²) in [5.74, 6) is -0.0246. The molecule has 4 rings (SSSR count). The molecule has 1 amide bonds. The van der Waals surface area contributed by atoms with Crippen molar-refractivity contribution in [2.75, 3.05) is 25.6 Å². The molecule has 2 bridgehead atoms. The average molecular weight is 448 g/mol. The van der Waals surface area contributed by atoms with Crippen LogP contribution in [0.15, 0.2) is 36.4 Å². The molecule has 2 heterocycles. The summed E-state index contributed by atoms with van der Waals surface area (Å²) in [5, 5.41) is 3.48. The molecule has 0 saturated carbocycles. The largest absolute Gasteiger partial charge is 0.493 e. The third-order valence-corrected chi connectivity index (χ3v) is 6.26. The Balaban J connectivity index is 1.45. The van der Waals surface area contributed by atoms with Crippen molar-refractivity contribution in [1.29, 1.82) is 0 Å². The fourth-order valence-corrected chi connectivity index (χ4v) is 4.61. The number of piperidine rings is 1. The quantitative estimate of drug-likeness (QED) is 0.661. The normalized spacial score (nSPS) is 23.4. The van der Waals surface area contributed by atoms with Gasteiger partial charge in [-0.25, -0.2) is 4.39 Å². The molecule has 2 fully saturated rings. The van der Waals surface area contributed by atoms with Gasteiger partial charge in [0, 0.05) is 30.7 Å². The first-order valence-corrected chi connectivity index (χ1v) is 10.9. The number of rotatable bonds is 6.